The number of halogens is 1. The van der Waals surface area contributed by atoms with Crippen LogP contribution in [0.5, 0.6) is 0 Å². The van der Waals surface area contributed by atoms with Crippen LogP contribution in [0.2, 0.25) is 5.02 Å². The first-order valence-corrected chi connectivity index (χ1v) is 8.66. The average Bonchev–Trinajstić information content (AvgIpc) is 2.43. The molecule has 0 aliphatic rings. The zero-order chi connectivity index (χ0) is 19.1. The highest BCUT2D eigenvalue weighted by molar-refractivity contribution is 6.33. The Morgan fingerprint density at radius 2 is 1.71 bits per heavy atom. The van der Waals surface area contributed by atoms with E-state index >= 15 is 0 Å². The molecule has 0 saturated carbocycles. The first-order chi connectivity index (χ1) is 11.0. The van der Waals surface area contributed by atoms with Gasteiger partial charge in [-0.05, 0) is 30.5 Å². The van der Waals surface area contributed by atoms with Gasteiger partial charge in [-0.25, -0.2) is 0 Å². The Balaban J connectivity index is 0.00000163. The molecule has 1 aromatic carbocycles. The third kappa shape index (κ3) is 6.16. The van der Waals surface area contributed by atoms with E-state index < -0.39 is 6.04 Å². The van der Waals surface area contributed by atoms with Gasteiger partial charge in [0.05, 0.1) is 16.8 Å². The van der Waals surface area contributed by atoms with E-state index in [1.165, 1.54) is 25.2 Å². The van der Waals surface area contributed by atoms with Crippen molar-refractivity contribution in [2.75, 3.05) is 17.3 Å². The van der Waals surface area contributed by atoms with Crippen molar-refractivity contribution in [3.8, 4) is 0 Å². The second-order valence-corrected chi connectivity index (χ2v) is 7.30. The molecular formula is C19H31ClN2O2. The summed E-state index contributed by atoms with van der Waals surface area (Å²) in [7, 11) is 1.77. The minimum absolute atomic E-state index is 0.0495. The van der Waals surface area contributed by atoms with Crippen molar-refractivity contribution in [3.05, 3.63) is 23.2 Å². The van der Waals surface area contributed by atoms with E-state index in [-0.39, 0.29) is 17.1 Å². The fraction of sp³-hybridized carbons (Fsp3) is 0.579. The van der Waals surface area contributed by atoms with E-state index in [2.05, 4.69) is 19.2 Å². The Morgan fingerprint density at radius 1 is 1.21 bits per heavy atom. The molecule has 1 unspecified atom stereocenters. The summed E-state index contributed by atoms with van der Waals surface area (Å²) >= 11 is 6.19. The fourth-order valence-corrected chi connectivity index (χ4v) is 2.82. The fourth-order valence-electron chi connectivity index (χ4n) is 2.55. The van der Waals surface area contributed by atoms with Crippen molar-refractivity contribution in [3.63, 3.8) is 0 Å². The molecule has 24 heavy (non-hydrogen) atoms. The van der Waals surface area contributed by atoms with E-state index in [4.69, 9.17) is 11.6 Å². The van der Waals surface area contributed by atoms with Gasteiger partial charge in [0.1, 0.15) is 0 Å². The van der Waals surface area contributed by atoms with Crippen molar-refractivity contribution in [2.45, 2.75) is 60.9 Å². The van der Waals surface area contributed by atoms with Gasteiger partial charge in [-0.3, -0.25) is 9.59 Å². The van der Waals surface area contributed by atoms with Crippen LogP contribution in [0.4, 0.5) is 11.4 Å². The molecule has 0 radical (unpaired) electrons. The number of carbonyl (C=O) groups is 2. The molecule has 0 aliphatic heterocycles. The van der Waals surface area contributed by atoms with Gasteiger partial charge in [-0.1, -0.05) is 52.6 Å². The van der Waals surface area contributed by atoms with Crippen LogP contribution in [0.15, 0.2) is 18.2 Å². The Hall–Kier alpha value is -1.55. The van der Waals surface area contributed by atoms with Crippen molar-refractivity contribution >= 4 is 34.7 Å². The zero-order valence-electron chi connectivity index (χ0n) is 16.2. The third-order valence-corrected chi connectivity index (χ3v) is 3.62. The maximum Gasteiger partial charge on any atom is 0.224 e. The van der Waals surface area contributed by atoms with Crippen LogP contribution >= 0.6 is 11.6 Å². The molecule has 0 spiro atoms. The number of hydrogen-bond acceptors (Lipinski definition) is 3. The number of rotatable bonds is 4. The van der Waals surface area contributed by atoms with Gasteiger partial charge in [0.15, 0.2) is 5.78 Å². The number of carbonyl (C=O) groups excluding carboxylic acids is 2. The van der Waals surface area contributed by atoms with Gasteiger partial charge in [0, 0.05) is 19.7 Å². The minimum atomic E-state index is -0.536. The van der Waals surface area contributed by atoms with Crippen LogP contribution in [-0.2, 0) is 9.59 Å². The van der Waals surface area contributed by atoms with Crippen molar-refractivity contribution in [1.82, 2.24) is 0 Å². The second-order valence-electron chi connectivity index (χ2n) is 6.89. The van der Waals surface area contributed by atoms with Crippen molar-refractivity contribution < 1.29 is 9.59 Å². The highest BCUT2D eigenvalue weighted by Crippen LogP contribution is 2.33. The number of ketones is 1. The number of Topliss-reactive ketones (excluding diaryl/α,β-unsaturated/α-hetero) is 1. The van der Waals surface area contributed by atoms with Gasteiger partial charge in [-0.2, -0.15) is 0 Å². The first kappa shape index (κ1) is 22.4. The van der Waals surface area contributed by atoms with E-state index in [1.807, 2.05) is 20.8 Å². The summed E-state index contributed by atoms with van der Waals surface area (Å²) in [6.45, 7) is 13.0. The summed E-state index contributed by atoms with van der Waals surface area (Å²) < 4.78 is 0. The highest BCUT2D eigenvalue weighted by atomic mass is 35.5. The van der Waals surface area contributed by atoms with Gasteiger partial charge in [0.25, 0.3) is 0 Å². The lowest BCUT2D eigenvalue weighted by Crippen LogP contribution is -2.51. The summed E-state index contributed by atoms with van der Waals surface area (Å²) in [5, 5.41) is 3.48. The van der Waals surface area contributed by atoms with Gasteiger partial charge in [0.2, 0.25) is 5.91 Å². The topological polar surface area (TPSA) is 49.4 Å². The maximum atomic E-state index is 12.1. The lowest BCUT2D eigenvalue weighted by molar-refractivity contribution is -0.125. The van der Waals surface area contributed by atoms with Gasteiger partial charge >= 0.3 is 0 Å². The molecule has 1 N–H and O–H groups in total. The van der Waals surface area contributed by atoms with Crippen molar-refractivity contribution in [2.24, 2.45) is 5.41 Å². The molecule has 1 aromatic rings. The Kier molecular flexibility index (Phi) is 9.05. The van der Waals surface area contributed by atoms with Gasteiger partial charge in [-0.15, -0.1) is 0 Å². The van der Waals surface area contributed by atoms with Crippen LogP contribution in [0, 0.1) is 5.41 Å². The summed E-state index contributed by atoms with van der Waals surface area (Å²) in [5.41, 5.74) is 1.03. The molecule has 1 rings (SSSR count). The monoisotopic (exact) mass is 354 g/mol. The lowest BCUT2D eigenvalue weighted by atomic mass is 9.83. The predicted octanol–water partition coefficient (Wildman–Crippen LogP) is 5.15. The molecule has 0 aromatic heterocycles. The van der Waals surface area contributed by atoms with E-state index in [1.54, 1.807) is 25.2 Å². The molecule has 0 aliphatic carbocycles. The Morgan fingerprint density at radius 3 is 2.00 bits per heavy atom. The molecule has 0 heterocycles. The summed E-state index contributed by atoms with van der Waals surface area (Å²) in [6.07, 6.45) is 1.25. The minimum Gasteiger partial charge on any atom is -0.387 e. The standard InChI is InChI=1S/C16H23ClN2O2.C3H8/c1-10(20)15(16(3,4)5)19(11(2)21)12-7-8-14(18-6)13(17)9-12;1-3-2/h7-9,15,18H,1-6H3;3H2,1-2H3. The number of amides is 1. The summed E-state index contributed by atoms with van der Waals surface area (Å²) in [5.74, 6) is -0.232. The van der Waals surface area contributed by atoms with Gasteiger partial charge < -0.3 is 10.2 Å². The van der Waals surface area contributed by atoms with Crippen LogP contribution in [-0.4, -0.2) is 24.8 Å². The number of nitrogens with one attached hydrogen (secondary N) is 1. The predicted molar refractivity (Wildman–Crippen MR) is 104 cm³/mol. The highest BCUT2D eigenvalue weighted by Gasteiger charge is 2.36. The Bertz CT molecular complexity index is 565. The molecule has 0 fully saturated rings. The van der Waals surface area contributed by atoms with Crippen molar-refractivity contribution in [1.29, 1.82) is 0 Å². The van der Waals surface area contributed by atoms with E-state index in [9.17, 15) is 9.59 Å². The lowest BCUT2D eigenvalue weighted by Gasteiger charge is -2.38. The SMILES string of the molecule is CCC.CNc1ccc(N(C(C)=O)C(C(C)=O)C(C)(C)C)cc1Cl. The summed E-state index contributed by atoms with van der Waals surface area (Å²) in [4.78, 5) is 25.7. The molecule has 1 atom stereocenters. The van der Waals surface area contributed by atoms with Crippen LogP contribution in [0.25, 0.3) is 0 Å². The molecule has 0 saturated heterocycles. The summed E-state index contributed by atoms with van der Waals surface area (Å²) in [6, 6.07) is 4.76. The van der Waals surface area contributed by atoms with E-state index in [0.717, 1.165) is 5.69 Å². The zero-order valence-corrected chi connectivity index (χ0v) is 16.9. The van der Waals surface area contributed by atoms with Crippen LogP contribution < -0.4 is 10.2 Å². The quantitative estimate of drug-likeness (QED) is 0.812. The maximum absolute atomic E-state index is 12.1. The average molecular weight is 355 g/mol. The first-order valence-electron chi connectivity index (χ1n) is 8.28. The van der Waals surface area contributed by atoms with E-state index in [0.29, 0.717) is 10.7 Å². The Labute approximate surface area is 151 Å². The number of nitrogens with zero attached hydrogens (tertiary/aromatic N) is 1. The normalized spacial score (nSPS) is 11.9. The second kappa shape index (κ2) is 9.67. The molecule has 0 bridgehead atoms. The number of anilines is 2. The molecule has 5 heteroatoms. The largest absolute Gasteiger partial charge is 0.387 e. The molecule has 136 valence electrons. The molecular weight excluding hydrogens is 324 g/mol. The molecule has 4 nitrogen and oxygen atoms in total. The number of hydrogen-bond donors (Lipinski definition) is 1. The van der Waals surface area contributed by atoms with Crippen LogP contribution in [0.3, 0.4) is 0 Å². The van der Waals surface area contributed by atoms with Crippen LogP contribution in [0.1, 0.15) is 54.9 Å². The smallest absolute Gasteiger partial charge is 0.224 e. The number of benzene rings is 1. The molecule has 1 amide bonds. The third-order valence-electron chi connectivity index (χ3n) is 3.30.